The molecule has 0 atom stereocenters. The van der Waals surface area contributed by atoms with E-state index in [0.29, 0.717) is 24.2 Å². The van der Waals surface area contributed by atoms with Gasteiger partial charge >= 0.3 is 0 Å². The number of amides is 1. The highest BCUT2D eigenvalue weighted by atomic mass is 32.2. The van der Waals surface area contributed by atoms with Gasteiger partial charge in [0.05, 0.1) is 30.3 Å². The van der Waals surface area contributed by atoms with Crippen LogP contribution in [0, 0.1) is 13.8 Å². The van der Waals surface area contributed by atoms with Gasteiger partial charge in [-0.15, -0.1) is 10.2 Å². The lowest BCUT2D eigenvalue weighted by atomic mass is 10.2. The largest absolute Gasteiger partial charge is 0.378 e. The molecule has 158 valence electrons. The molecular formula is C20H25N7O2S. The van der Waals surface area contributed by atoms with E-state index in [0.717, 1.165) is 30.4 Å². The van der Waals surface area contributed by atoms with Crippen molar-refractivity contribution in [3.8, 4) is 5.69 Å². The highest BCUT2D eigenvalue weighted by Gasteiger charge is 2.22. The Hall–Kier alpha value is -2.85. The van der Waals surface area contributed by atoms with Gasteiger partial charge in [0.2, 0.25) is 11.9 Å². The van der Waals surface area contributed by atoms with E-state index in [2.05, 4.69) is 44.6 Å². The maximum Gasteiger partial charge on any atom is 0.235 e. The van der Waals surface area contributed by atoms with Crippen LogP contribution in [0.2, 0.25) is 0 Å². The molecule has 3 aromatic rings. The molecule has 30 heavy (non-hydrogen) atoms. The molecule has 0 unspecified atom stereocenters. The number of carbonyl (C=O) groups excluding carboxylic acids is 1. The number of nitrogens with one attached hydrogen (secondary N) is 1. The number of hydrogen-bond donors (Lipinski definition) is 1. The molecule has 9 nitrogen and oxygen atoms in total. The number of nitrogens with zero attached hydrogens (tertiary/aromatic N) is 6. The van der Waals surface area contributed by atoms with E-state index in [4.69, 9.17) is 4.74 Å². The van der Waals surface area contributed by atoms with Crippen LogP contribution in [-0.4, -0.2) is 62.5 Å². The highest BCUT2D eigenvalue weighted by Crippen LogP contribution is 2.27. The first kappa shape index (κ1) is 20.4. The number of hydrogen-bond acceptors (Lipinski definition) is 7. The molecule has 1 N–H and O–H groups in total. The Morgan fingerprint density at radius 1 is 1.17 bits per heavy atom. The van der Waals surface area contributed by atoms with Gasteiger partial charge in [-0.3, -0.25) is 14.0 Å². The number of rotatable bonds is 6. The van der Waals surface area contributed by atoms with E-state index in [1.54, 1.807) is 11.7 Å². The van der Waals surface area contributed by atoms with Crippen molar-refractivity contribution in [2.45, 2.75) is 19.0 Å². The Morgan fingerprint density at radius 2 is 1.90 bits per heavy atom. The number of aromatic nitrogens is 5. The molecule has 0 saturated carbocycles. The van der Waals surface area contributed by atoms with Gasteiger partial charge in [0, 0.05) is 26.2 Å². The van der Waals surface area contributed by atoms with Crippen molar-refractivity contribution in [2.24, 2.45) is 7.05 Å². The molecule has 0 bridgehead atoms. The molecule has 3 heterocycles. The van der Waals surface area contributed by atoms with Gasteiger partial charge in [-0.25, -0.2) is 0 Å². The normalized spacial score (nSPS) is 14.2. The van der Waals surface area contributed by atoms with Crippen molar-refractivity contribution in [3.63, 3.8) is 0 Å². The van der Waals surface area contributed by atoms with Gasteiger partial charge < -0.3 is 15.0 Å². The maximum absolute atomic E-state index is 12.5. The van der Waals surface area contributed by atoms with Gasteiger partial charge in [0.1, 0.15) is 5.82 Å². The van der Waals surface area contributed by atoms with Crippen LogP contribution in [-0.2, 0) is 16.6 Å². The Morgan fingerprint density at radius 3 is 2.57 bits per heavy atom. The molecular weight excluding hydrogens is 402 g/mol. The quantitative estimate of drug-likeness (QED) is 0.603. The second-order valence-electron chi connectivity index (χ2n) is 7.18. The van der Waals surface area contributed by atoms with Gasteiger partial charge in [-0.1, -0.05) is 29.5 Å². The summed E-state index contributed by atoms with van der Waals surface area (Å²) < 4.78 is 9.14. The van der Waals surface area contributed by atoms with E-state index in [1.807, 2.05) is 29.7 Å². The fraction of sp³-hybridized carbons (Fsp3) is 0.400. The van der Waals surface area contributed by atoms with Gasteiger partial charge in [0.25, 0.3) is 0 Å². The number of ether oxygens (including phenoxy) is 1. The summed E-state index contributed by atoms with van der Waals surface area (Å²) in [5, 5.41) is 16.6. The Bertz CT molecular complexity index is 1020. The first-order valence-electron chi connectivity index (χ1n) is 9.80. The summed E-state index contributed by atoms with van der Waals surface area (Å²) in [6, 6.07) is 10.1. The summed E-state index contributed by atoms with van der Waals surface area (Å²) >= 11 is 1.36. The summed E-state index contributed by atoms with van der Waals surface area (Å²) in [6.07, 6.45) is 0. The van der Waals surface area contributed by atoms with Crippen LogP contribution in [0.15, 0.2) is 35.5 Å². The predicted octanol–water partition coefficient (Wildman–Crippen LogP) is 2.19. The number of benzene rings is 1. The molecule has 1 aromatic carbocycles. The van der Waals surface area contributed by atoms with E-state index in [-0.39, 0.29) is 11.7 Å². The van der Waals surface area contributed by atoms with Gasteiger partial charge in [-0.2, -0.15) is 5.10 Å². The monoisotopic (exact) mass is 427 g/mol. The number of morpholine rings is 1. The summed E-state index contributed by atoms with van der Waals surface area (Å²) in [6.45, 7) is 6.79. The average molecular weight is 428 g/mol. The molecule has 0 spiro atoms. The zero-order valence-electron chi connectivity index (χ0n) is 17.3. The third kappa shape index (κ3) is 4.49. The summed E-state index contributed by atoms with van der Waals surface area (Å²) in [5.74, 6) is 1.55. The minimum absolute atomic E-state index is 0.116. The molecule has 2 aromatic heterocycles. The van der Waals surface area contributed by atoms with Crippen molar-refractivity contribution < 1.29 is 9.53 Å². The first-order valence-corrected chi connectivity index (χ1v) is 10.8. The second-order valence-corrected chi connectivity index (χ2v) is 8.13. The fourth-order valence-corrected chi connectivity index (χ4v) is 4.03. The SMILES string of the molecule is Cc1ccc(-n2c(SCC(=O)Nc3cc(C)nn3C)nnc2N2CCOCC2)cc1. The molecule has 1 amide bonds. The van der Waals surface area contributed by atoms with E-state index >= 15 is 0 Å². The number of thioether (sulfide) groups is 1. The zero-order valence-corrected chi connectivity index (χ0v) is 18.1. The number of anilines is 2. The lowest BCUT2D eigenvalue weighted by Gasteiger charge is -2.27. The van der Waals surface area contributed by atoms with Crippen LogP contribution in [0.1, 0.15) is 11.3 Å². The van der Waals surface area contributed by atoms with Crippen LogP contribution < -0.4 is 10.2 Å². The fourth-order valence-electron chi connectivity index (χ4n) is 3.28. The van der Waals surface area contributed by atoms with Crippen molar-refractivity contribution in [3.05, 3.63) is 41.6 Å². The maximum atomic E-state index is 12.5. The van der Waals surface area contributed by atoms with Crippen molar-refractivity contribution in [1.82, 2.24) is 24.5 Å². The van der Waals surface area contributed by atoms with Crippen LogP contribution in [0.5, 0.6) is 0 Å². The van der Waals surface area contributed by atoms with Crippen LogP contribution in [0.4, 0.5) is 11.8 Å². The third-order valence-corrected chi connectivity index (χ3v) is 5.73. The van der Waals surface area contributed by atoms with Crippen molar-refractivity contribution in [2.75, 3.05) is 42.3 Å². The Labute approximate surface area is 179 Å². The molecule has 10 heteroatoms. The van der Waals surface area contributed by atoms with Crippen LogP contribution in [0.25, 0.3) is 5.69 Å². The Kier molecular flexibility index (Phi) is 6.05. The average Bonchev–Trinajstić information content (AvgIpc) is 3.30. The van der Waals surface area contributed by atoms with E-state index in [9.17, 15) is 4.79 Å². The molecule has 1 aliphatic heterocycles. The standard InChI is InChI=1S/C20H25N7O2S/c1-14-4-6-16(7-5-14)27-19(26-8-10-29-11-9-26)22-23-20(27)30-13-18(28)21-17-12-15(2)24-25(17)3/h4-7,12H,8-11,13H2,1-3H3,(H,21,28). The van der Waals surface area contributed by atoms with E-state index in [1.165, 1.54) is 17.3 Å². The Balaban J connectivity index is 1.54. The summed E-state index contributed by atoms with van der Waals surface area (Å²) in [4.78, 5) is 14.7. The lowest BCUT2D eigenvalue weighted by molar-refractivity contribution is -0.113. The first-order chi connectivity index (χ1) is 14.5. The summed E-state index contributed by atoms with van der Waals surface area (Å²) in [5.41, 5.74) is 3.01. The highest BCUT2D eigenvalue weighted by molar-refractivity contribution is 7.99. The van der Waals surface area contributed by atoms with Crippen LogP contribution in [0.3, 0.4) is 0 Å². The van der Waals surface area contributed by atoms with Gasteiger partial charge in [0.15, 0.2) is 5.16 Å². The predicted molar refractivity (Wildman–Crippen MR) is 116 cm³/mol. The topological polar surface area (TPSA) is 90.1 Å². The zero-order chi connectivity index (χ0) is 21.1. The molecule has 1 fully saturated rings. The van der Waals surface area contributed by atoms with Crippen molar-refractivity contribution >= 4 is 29.4 Å². The van der Waals surface area contributed by atoms with Crippen LogP contribution >= 0.6 is 11.8 Å². The minimum Gasteiger partial charge on any atom is -0.378 e. The number of aryl methyl sites for hydroxylation is 3. The van der Waals surface area contributed by atoms with E-state index < -0.39 is 0 Å². The lowest BCUT2D eigenvalue weighted by Crippen LogP contribution is -2.37. The molecule has 1 aliphatic rings. The molecule has 0 aliphatic carbocycles. The minimum atomic E-state index is -0.116. The molecule has 0 radical (unpaired) electrons. The smallest absolute Gasteiger partial charge is 0.235 e. The third-order valence-electron chi connectivity index (χ3n) is 4.80. The van der Waals surface area contributed by atoms with Crippen molar-refractivity contribution in [1.29, 1.82) is 0 Å². The second kappa shape index (κ2) is 8.88. The van der Waals surface area contributed by atoms with Gasteiger partial charge in [-0.05, 0) is 26.0 Å². The molecule has 1 saturated heterocycles. The summed E-state index contributed by atoms with van der Waals surface area (Å²) in [7, 11) is 1.80. The molecule has 4 rings (SSSR count). The number of carbonyl (C=O) groups is 1.